The first-order valence-electron chi connectivity index (χ1n) is 7.40. The largest absolute Gasteiger partial charge is 0.476 e. The van der Waals surface area contributed by atoms with Gasteiger partial charge in [0.25, 0.3) is 0 Å². The second-order valence-electron chi connectivity index (χ2n) is 5.44. The van der Waals surface area contributed by atoms with Gasteiger partial charge < -0.3 is 10.0 Å². The Morgan fingerprint density at radius 1 is 1.26 bits per heavy atom. The van der Waals surface area contributed by atoms with Crippen molar-refractivity contribution in [2.24, 2.45) is 0 Å². The van der Waals surface area contributed by atoms with Crippen LogP contribution in [0.4, 0.5) is 5.82 Å². The molecule has 0 spiro atoms. The molecule has 3 aromatic rings. The second-order valence-corrected chi connectivity index (χ2v) is 6.50. The summed E-state index contributed by atoms with van der Waals surface area (Å²) in [5, 5.41) is 10.0. The van der Waals surface area contributed by atoms with Crippen molar-refractivity contribution in [2.75, 3.05) is 11.4 Å². The Hall–Kier alpha value is -2.54. The molecule has 23 heavy (non-hydrogen) atoms. The van der Waals surface area contributed by atoms with Gasteiger partial charge in [-0.2, -0.15) is 0 Å². The van der Waals surface area contributed by atoms with E-state index in [1.807, 2.05) is 18.2 Å². The summed E-state index contributed by atoms with van der Waals surface area (Å²) in [4.78, 5) is 26.1. The summed E-state index contributed by atoms with van der Waals surface area (Å²) in [6.07, 6.45) is 4.92. The van der Waals surface area contributed by atoms with Crippen LogP contribution in [0, 0.1) is 0 Å². The van der Waals surface area contributed by atoms with E-state index in [-0.39, 0.29) is 11.7 Å². The van der Waals surface area contributed by atoms with Gasteiger partial charge in [-0.3, -0.25) is 0 Å². The van der Waals surface area contributed by atoms with Gasteiger partial charge in [0.05, 0.1) is 28.7 Å². The van der Waals surface area contributed by atoms with Gasteiger partial charge in [-0.25, -0.2) is 19.7 Å². The number of nitrogens with zero attached hydrogens (tertiary/aromatic N) is 4. The monoisotopic (exact) mass is 326 g/mol. The summed E-state index contributed by atoms with van der Waals surface area (Å²) in [5.41, 5.74) is 0.983. The van der Waals surface area contributed by atoms with Gasteiger partial charge in [0.15, 0.2) is 5.69 Å². The van der Waals surface area contributed by atoms with E-state index in [2.05, 4.69) is 20.9 Å². The summed E-state index contributed by atoms with van der Waals surface area (Å²) < 4.78 is 1.18. The third-order valence-electron chi connectivity index (χ3n) is 4.00. The molecule has 1 N–H and O–H groups in total. The average molecular weight is 326 g/mol. The molecule has 3 heterocycles. The smallest absolute Gasteiger partial charge is 0.356 e. The average Bonchev–Trinajstić information content (AvgIpc) is 3.21. The highest BCUT2D eigenvalue weighted by Gasteiger charge is 2.30. The molecule has 0 radical (unpaired) electrons. The summed E-state index contributed by atoms with van der Waals surface area (Å²) in [6, 6.07) is 8.30. The first-order chi connectivity index (χ1) is 11.2. The molecule has 0 amide bonds. The number of anilines is 1. The number of carbonyl (C=O) groups is 1. The van der Waals surface area contributed by atoms with Crippen molar-refractivity contribution in [1.29, 1.82) is 0 Å². The number of carboxylic acid groups (broad SMARTS) is 1. The van der Waals surface area contributed by atoms with Gasteiger partial charge in [0.1, 0.15) is 10.8 Å². The lowest BCUT2D eigenvalue weighted by Crippen LogP contribution is -2.23. The van der Waals surface area contributed by atoms with Crippen molar-refractivity contribution < 1.29 is 9.90 Å². The minimum atomic E-state index is -1.06. The van der Waals surface area contributed by atoms with Crippen molar-refractivity contribution in [1.82, 2.24) is 15.0 Å². The minimum Gasteiger partial charge on any atom is -0.476 e. The van der Waals surface area contributed by atoms with E-state index in [1.165, 1.54) is 17.1 Å². The van der Waals surface area contributed by atoms with Crippen LogP contribution in [-0.2, 0) is 0 Å². The number of para-hydroxylation sites is 1. The molecule has 1 atom stereocenters. The van der Waals surface area contributed by atoms with Crippen LogP contribution >= 0.6 is 11.3 Å². The first-order valence-corrected chi connectivity index (χ1v) is 8.21. The molecular weight excluding hydrogens is 312 g/mol. The van der Waals surface area contributed by atoms with E-state index in [1.54, 1.807) is 11.3 Å². The highest BCUT2D eigenvalue weighted by molar-refractivity contribution is 7.18. The maximum absolute atomic E-state index is 10.9. The zero-order chi connectivity index (χ0) is 15.8. The number of rotatable bonds is 3. The summed E-state index contributed by atoms with van der Waals surface area (Å²) in [6.45, 7) is 0.877. The Balaban J connectivity index is 1.66. The third kappa shape index (κ3) is 2.53. The Morgan fingerprint density at radius 2 is 2.13 bits per heavy atom. The van der Waals surface area contributed by atoms with Gasteiger partial charge in [-0.1, -0.05) is 12.1 Å². The first kappa shape index (κ1) is 14.1. The number of fused-ring (bicyclic) bond motifs is 1. The van der Waals surface area contributed by atoms with Gasteiger partial charge in [-0.15, -0.1) is 11.3 Å². The second kappa shape index (κ2) is 5.58. The minimum absolute atomic E-state index is 0.0375. The molecule has 1 aromatic carbocycles. The Kier molecular flexibility index (Phi) is 3.42. The SMILES string of the molecule is O=C(O)c1cnc(N2CCCC2c2nc3ccccc3s2)cn1. The van der Waals surface area contributed by atoms with E-state index in [4.69, 9.17) is 10.1 Å². The van der Waals surface area contributed by atoms with Crippen LogP contribution in [0.2, 0.25) is 0 Å². The fraction of sp³-hybridized carbons (Fsp3) is 0.250. The summed E-state index contributed by atoms with van der Waals surface area (Å²) in [7, 11) is 0. The Morgan fingerprint density at radius 3 is 2.87 bits per heavy atom. The molecule has 4 rings (SSSR count). The van der Waals surface area contributed by atoms with Crippen LogP contribution in [0.1, 0.15) is 34.4 Å². The van der Waals surface area contributed by atoms with Crippen LogP contribution in [-0.4, -0.2) is 32.6 Å². The molecule has 1 fully saturated rings. The normalized spacial score (nSPS) is 17.7. The predicted octanol–water partition coefficient (Wildman–Crippen LogP) is 3.13. The van der Waals surface area contributed by atoms with Gasteiger partial charge >= 0.3 is 5.97 Å². The highest BCUT2D eigenvalue weighted by atomic mass is 32.1. The molecule has 1 saturated heterocycles. The molecule has 1 aliphatic rings. The zero-order valence-electron chi connectivity index (χ0n) is 12.2. The maximum atomic E-state index is 10.9. The predicted molar refractivity (Wildman–Crippen MR) is 87.9 cm³/mol. The van der Waals surface area contributed by atoms with Crippen LogP contribution in [0.3, 0.4) is 0 Å². The molecule has 0 bridgehead atoms. The lowest BCUT2D eigenvalue weighted by Gasteiger charge is -2.23. The van der Waals surface area contributed by atoms with E-state index < -0.39 is 5.97 Å². The van der Waals surface area contributed by atoms with Crippen molar-refractivity contribution in [2.45, 2.75) is 18.9 Å². The van der Waals surface area contributed by atoms with Crippen LogP contribution in [0.15, 0.2) is 36.7 Å². The molecular formula is C16H14N4O2S. The fourth-order valence-corrected chi connectivity index (χ4v) is 4.03. The van der Waals surface area contributed by atoms with E-state index in [0.29, 0.717) is 5.82 Å². The molecule has 1 aliphatic heterocycles. The van der Waals surface area contributed by atoms with E-state index >= 15 is 0 Å². The molecule has 2 aromatic heterocycles. The van der Waals surface area contributed by atoms with Crippen molar-refractivity contribution in [3.05, 3.63) is 47.4 Å². The molecule has 0 aliphatic carbocycles. The number of carboxylic acids is 1. The van der Waals surface area contributed by atoms with Crippen molar-refractivity contribution >= 4 is 33.3 Å². The number of hydrogen-bond donors (Lipinski definition) is 1. The topological polar surface area (TPSA) is 79.2 Å². The van der Waals surface area contributed by atoms with Gasteiger partial charge in [0, 0.05) is 6.54 Å². The van der Waals surface area contributed by atoms with Crippen molar-refractivity contribution in [3.8, 4) is 0 Å². The molecule has 116 valence electrons. The quantitative estimate of drug-likeness (QED) is 0.796. The van der Waals surface area contributed by atoms with Crippen LogP contribution in [0.25, 0.3) is 10.2 Å². The third-order valence-corrected chi connectivity index (χ3v) is 5.14. The number of hydrogen-bond acceptors (Lipinski definition) is 6. The Labute approximate surface area is 136 Å². The number of aromatic nitrogens is 3. The summed E-state index contributed by atoms with van der Waals surface area (Å²) in [5.74, 6) is -0.357. The van der Waals surface area contributed by atoms with Gasteiger partial charge in [-0.05, 0) is 25.0 Å². The molecule has 6 nitrogen and oxygen atoms in total. The number of thiazole rings is 1. The lowest BCUT2D eigenvalue weighted by molar-refractivity contribution is 0.0690. The maximum Gasteiger partial charge on any atom is 0.356 e. The van der Waals surface area contributed by atoms with Crippen molar-refractivity contribution in [3.63, 3.8) is 0 Å². The number of benzene rings is 1. The molecule has 0 saturated carbocycles. The lowest BCUT2D eigenvalue weighted by atomic mass is 10.2. The molecule has 7 heteroatoms. The highest BCUT2D eigenvalue weighted by Crippen LogP contribution is 2.38. The van der Waals surface area contributed by atoms with Crippen LogP contribution < -0.4 is 4.90 Å². The zero-order valence-corrected chi connectivity index (χ0v) is 13.0. The molecule has 1 unspecified atom stereocenters. The fourth-order valence-electron chi connectivity index (χ4n) is 2.91. The van der Waals surface area contributed by atoms with Gasteiger partial charge in [0.2, 0.25) is 0 Å². The van der Waals surface area contributed by atoms with E-state index in [0.717, 1.165) is 29.9 Å². The summed E-state index contributed by atoms with van der Waals surface area (Å²) >= 11 is 1.71. The Bertz CT molecular complexity index is 829. The van der Waals surface area contributed by atoms with Crippen LogP contribution in [0.5, 0.6) is 0 Å². The number of aromatic carboxylic acids is 1. The van der Waals surface area contributed by atoms with E-state index in [9.17, 15) is 4.79 Å². The standard InChI is InChI=1S/C16H14N4O2S/c21-16(22)11-8-18-14(9-17-11)20-7-3-5-12(20)15-19-10-4-1-2-6-13(10)23-15/h1-2,4,6,8-9,12H,3,5,7H2,(H,21,22).